The molecule has 0 bridgehead atoms. The third-order valence-electron chi connectivity index (χ3n) is 3.15. The number of ether oxygens (including phenoxy) is 1. The van der Waals surface area contributed by atoms with Crippen molar-refractivity contribution >= 4 is 11.9 Å². The van der Waals surface area contributed by atoms with Crippen LogP contribution in [-0.2, 0) is 0 Å². The van der Waals surface area contributed by atoms with E-state index in [0.717, 1.165) is 11.3 Å². The lowest BCUT2D eigenvalue weighted by atomic mass is 10.0. The molecule has 0 aromatic heterocycles. The van der Waals surface area contributed by atoms with Crippen molar-refractivity contribution in [1.82, 2.24) is 0 Å². The maximum atomic E-state index is 12.1. The first-order valence-electron chi connectivity index (χ1n) is 6.79. The second-order valence-corrected chi connectivity index (χ2v) is 4.68. The van der Waals surface area contributed by atoms with Gasteiger partial charge in [0.2, 0.25) is 0 Å². The van der Waals surface area contributed by atoms with Crippen LogP contribution in [0.2, 0.25) is 0 Å². The Labute approximate surface area is 125 Å². The molecule has 2 rings (SSSR count). The smallest absolute Gasteiger partial charge is 0.188 e. The molecule has 0 saturated heterocycles. The van der Waals surface area contributed by atoms with Crippen LogP contribution in [0.1, 0.15) is 22.3 Å². The maximum Gasteiger partial charge on any atom is 0.188 e. The van der Waals surface area contributed by atoms with Gasteiger partial charge in [-0.3, -0.25) is 4.79 Å². The third-order valence-corrected chi connectivity index (χ3v) is 3.15. The largest absolute Gasteiger partial charge is 0.497 e. The fourth-order valence-electron chi connectivity index (χ4n) is 1.94. The Morgan fingerprint density at radius 2 is 1.76 bits per heavy atom. The average molecular weight is 278 g/mol. The first-order valence-corrected chi connectivity index (χ1v) is 6.79. The first-order chi connectivity index (χ1) is 10.2. The van der Waals surface area contributed by atoms with E-state index in [1.807, 2.05) is 54.6 Å². The van der Waals surface area contributed by atoms with Gasteiger partial charge in [0.1, 0.15) is 5.75 Å². The number of hydrogen-bond acceptors (Lipinski definition) is 2. The van der Waals surface area contributed by atoms with Crippen molar-refractivity contribution in [3.8, 4) is 5.75 Å². The van der Waals surface area contributed by atoms with Gasteiger partial charge in [-0.05, 0) is 29.7 Å². The lowest BCUT2D eigenvalue weighted by Gasteiger charge is -2.02. The molecule has 0 fully saturated rings. The molecule has 2 aromatic carbocycles. The van der Waals surface area contributed by atoms with Gasteiger partial charge in [0, 0.05) is 5.56 Å². The molecular formula is C19H18O2. The summed E-state index contributed by atoms with van der Waals surface area (Å²) >= 11 is 0. The predicted molar refractivity (Wildman–Crippen MR) is 86.6 cm³/mol. The molecule has 2 aromatic rings. The number of allylic oxidation sites excluding steroid dienone is 2. The first kappa shape index (κ1) is 14.8. The lowest BCUT2D eigenvalue weighted by molar-refractivity contribution is 0.103. The molecule has 0 aliphatic rings. The summed E-state index contributed by atoms with van der Waals surface area (Å²) in [6, 6.07) is 17.0. The van der Waals surface area contributed by atoms with E-state index in [1.54, 1.807) is 19.2 Å². The number of benzene rings is 2. The van der Waals surface area contributed by atoms with Gasteiger partial charge >= 0.3 is 0 Å². The van der Waals surface area contributed by atoms with Crippen molar-refractivity contribution in [2.75, 3.05) is 7.11 Å². The zero-order chi connectivity index (χ0) is 15.1. The highest BCUT2D eigenvalue weighted by Gasteiger charge is 2.07. The number of hydrogen-bond donors (Lipinski definition) is 0. The number of carbonyl (C=O) groups is 1. The van der Waals surface area contributed by atoms with Gasteiger partial charge < -0.3 is 4.74 Å². The minimum absolute atomic E-state index is 0.00465. The van der Waals surface area contributed by atoms with Gasteiger partial charge in [-0.1, -0.05) is 61.2 Å². The summed E-state index contributed by atoms with van der Waals surface area (Å²) in [5.41, 5.74) is 2.34. The molecule has 0 amide bonds. The van der Waals surface area contributed by atoms with Crippen molar-refractivity contribution < 1.29 is 9.53 Å². The van der Waals surface area contributed by atoms with Crippen LogP contribution in [0.3, 0.4) is 0 Å². The maximum absolute atomic E-state index is 12.1. The molecule has 106 valence electrons. The van der Waals surface area contributed by atoms with Crippen molar-refractivity contribution in [2.45, 2.75) is 6.42 Å². The van der Waals surface area contributed by atoms with Crippen molar-refractivity contribution in [2.24, 2.45) is 0 Å². The summed E-state index contributed by atoms with van der Waals surface area (Å²) < 4.78 is 5.11. The Morgan fingerprint density at radius 3 is 2.38 bits per heavy atom. The molecule has 0 radical (unpaired) electrons. The number of Topliss-reactive ketones (excluding diaryl/α,β-unsaturated/α-hetero) is 1. The number of ketones is 1. The van der Waals surface area contributed by atoms with E-state index in [0.29, 0.717) is 17.6 Å². The fraction of sp³-hybridized carbons (Fsp3) is 0.105. The van der Waals surface area contributed by atoms with E-state index in [-0.39, 0.29) is 5.78 Å². The Hall–Kier alpha value is -2.61. The highest BCUT2D eigenvalue weighted by Crippen LogP contribution is 2.14. The molecule has 0 atom stereocenters. The highest BCUT2D eigenvalue weighted by atomic mass is 16.5. The van der Waals surface area contributed by atoms with Crippen molar-refractivity contribution in [3.63, 3.8) is 0 Å². The zero-order valence-corrected chi connectivity index (χ0v) is 12.1. The summed E-state index contributed by atoms with van der Waals surface area (Å²) in [6.07, 6.45) is 4.47. The van der Waals surface area contributed by atoms with Gasteiger partial charge in [-0.2, -0.15) is 0 Å². The molecule has 0 saturated carbocycles. The van der Waals surface area contributed by atoms with Gasteiger partial charge in [-0.15, -0.1) is 0 Å². The summed E-state index contributed by atoms with van der Waals surface area (Å²) in [5.74, 6) is 0.825. The number of carbonyl (C=O) groups excluding carboxylic acids is 1. The van der Waals surface area contributed by atoms with Crippen LogP contribution in [0.15, 0.2) is 72.8 Å². The van der Waals surface area contributed by atoms with E-state index in [1.165, 1.54) is 0 Å². The zero-order valence-electron chi connectivity index (χ0n) is 12.1. The molecule has 0 aliphatic carbocycles. The van der Waals surface area contributed by atoms with Gasteiger partial charge in [0.15, 0.2) is 5.78 Å². The highest BCUT2D eigenvalue weighted by molar-refractivity contribution is 6.08. The van der Waals surface area contributed by atoms with Crippen LogP contribution in [0.25, 0.3) is 6.08 Å². The third kappa shape index (κ3) is 4.18. The van der Waals surface area contributed by atoms with Crippen LogP contribution in [0, 0.1) is 0 Å². The summed E-state index contributed by atoms with van der Waals surface area (Å²) in [5, 5.41) is 0. The Kier molecular flexibility index (Phi) is 5.10. The Balaban J connectivity index is 1.94. The SMILES string of the molecule is C=C(C/C=C/c1ccc(OC)cc1)C(=O)c1ccccc1. The van der Waals surface area contributed by atoms with Crippen LogP contribution in [0.5, 0.6) is 5.75 Å². The summed E-state index contributed by atoms with van der Waals surface area (Å²) in [6.45, 7) is 3.87. The van der Waals surface area contributed by atoms with Crippen LogP contribution >= 0.6 is 0 Å². The van der Waals surface area contributed by atoms with Crippen molar-refractivity contribution in [1.29, 1.82) is 0 Å². The Bertz CT molecular complexity index is 637. The van der Waals surface area contributed by atoms with Gasteiger partial charge in [0.05, 0.1) is 7.11 Å². The predicted octanol–water partition coefficient (Wildman–Crippen LogP) is 4.54. The molecule has 0 N–H and O–H groups in total. The Morgan fingerprint density at radius 1 is 1.10 bits per heavy atom. The minimum atomic E-state index is -0.00465. The lowest BCUT2D eigenvalue weighted by Crippen LogP contribution is -2.01. The molecule has 0 heterocycles. The van der Waals surface area contributed by atoms with Crippen molar-refractivity contribution in [3.05, 3.63) is 84.0 Å². The number of rotatable bonds is 6. The molecule has 2 heteroatoms. The van der Waals surface area contributed by atoms with E-state index in [2.05, 4.69) is 6.58 Å². The standard InChI is InChI=1S/C19H18O2/c1-15(19(20)17-9-4-3-5-10-17)7-6-8-16-11-13-18(21-2)14-12-16/h3-6,8-14H,1,7H2,2H3/b8-6+. The van der Waals surface area contributed by atoms with Crippen LogP contribution < -0.4 is 4.74 Å². The van der Waals surface area contributed by atoms with E-state index >= 15 is 0 Å². The van der Waals surface area contributed by atoms with E-state index in [4.69, 9.17) is 4.74 Å². The van der Waals surface area contributed by atoms with Crippen LogP contribution in [-0.4, -0.2) is 12.9 Å². The fourth-order valence-corrected chi connectivity index (χ4v) is 1.94. The minimum Gasteiger partial charge on any atom is -0.497 e. The average Bonchev–Trinajstić information content (AvgIpc) is 2.55. The molecular weight excluding hydrogens is 260 g/mol. The topological polar surface area (TPSA) is 26.3 Å². The second kappa shape index (κ2) is 7.25. The molecule has 2 nitrogen and oxygen atoms in total. The number of methoxy groups -OCH3 is 1. The van der Waals surface area contributed by atoms with Gasteiger partial charge in [-0.25, -0.2) is 0 Å². The molecule has 0 aliphatic heterocycles. The van der Waals surface area contributed by atoms with E-state index < -0.39 is 0 Å². The summed E-state index contributed by atoms with van der Waals surface area (Å²) in [7, 11) is 1.64. The molecule has 21 heavy (non-hydrogen) atoms. The second-order valence-electron chi connectivity index (χ2n) is 4.68. The monoisotopic (exact) mass is 278 g/mol. The van der Waals surface area contributed by atoms with Crippen LogP contribution in [0.4, 0.5) is 0 Å². The normalized spacial score (nSPS) is 10.5. The van der Waals surface area contributed by atoms with Gasteiger partial charge in [0.25, 0.3) is 0 Å². The summed E-state index contributed by atoms with van der Waals surface area (Å²) in [4.78, 5) is 12.1. The molecule has 0 spiro atoms. The quantitative estimate of drug-likeness (QED) is 0.573. The van der Waals surface area contributed by atoms with E-state index in [9.17, 15) is 4.79 Å². The molecule has 0 unspecified atom stereocenters.